The molecule has 200 valence electrons. The average molecular weight is 569 g/mol. The van der Waals surface area contributed by atoms with E-state index >= 15 is 0 Å². The van der Waals surface area contributed by atoms with Crippen LogP contribution in [-0.4, -0.2) is 28.9 Å². The molecule has 1 heterocycles. The molecule has 3 aromatic carbocycles. The Morgan fingerprint density at radius 3 is 2.47 bits per heavy atom. The quantitative estimate of drug-likeness (QED) is 0.189. The predicted molar refractivity (Wildman–Crippen MR) is 157 cm³/mol. The molecule has 0 radical (unpaired) electrons. The predicted octanol–water partition coefficient (Wildman–Crippen LogP) is 6.83. The van der Waals surface area contributed by atoms with E-state index in [-0.39, 0.29) is 5.75 Å². The van der Waals surface area contributed by atoms with Crippen LogP contribution in [0.1, 0.15) is 53.9 Å². The van der Waals surface area contributed by atoms with Crippen LogP contribution < -0.4 is 4.72 Å². The van der Waals surface area contributed by atoms with Gasteiger partial charge in [-0.2, -0.15) is 0 Å². The van der Waals surface area contributed by atoms with Crippen LogP contribution in [0, 0.1) is 13.8 Å². The number of hydrogen-bond acceptors (Lipinski definition) is 5. The Bertz CT molecular complexity index is 1470. The maximum absolute atomic E-state index is 13.1. The Labute approximate surface area is 234 Å². The lowest BCUT2D eigenvalue weighted by Gasteiger charge is -2.21. The SMILES string of the molecule is CCCCS(=O)(=O)NC(Cc1ccccc1)c1nnc(SCc2cccc(C)c2)n1-c1cc(Cl)ccc1C. The third kappa shape index (κ3) is 7.47. The van der Waals surface area contributed by atoms with Crippen molar-refractivity contribution in [1.29, 1.82) is 0 Å². The number of rotatable bonds is 12. The van der Waals surface area contributed by atoms with Gasteiger partial charge in [0.1, 0.15) is 0 Å². The van der Waals surface area contributed by atoms with E-state index in [4.69, 9.17) is 11.6 Å². The summed E-state index contributed by atoms with van der Waals surface area (Å²) >= 11 is 7.99. The van der Waals surface area contributed by atoms with Gasteiger partial charge in [0.2, 0.25) is 10.0 Å². The van der Waals surface area contributed by atoms with Crippen molar-refractivity contribution >= 4 is 33.4 Å². The van der Waals surface area contributed by atoms with E-state index in [1.807, 2.05) is 73.0 Å². The van der Waals surface area contributed by atoms with Gasteiger partial charge in [0, 0.05) is 10.8 Å². The Balaban J connectivity index is 1.79. The lowest BCUT2D eigenvalue weighted by Crippen LogP contribution is -2.33. The van der Waals surface area contributed by atoms with Crippen LogP contribution >= 0.6 is 23.4 Å². The molecule has 9 heteroatoms. The highest BCUT2D eigenvalue weighted by Crippen LogP contribution is 2.32. The van der Waals surface area contributed by atoms with Crippen molar-refractivity contribution in [2.45, 2.75) is 57.0 Å². The molecule has 1 unspecified atom stereocenters. The first-order valence-electron chi connectivity index (χ1n) is 12.7. The topological polar surface area (TPSA) is 76.9 Å². The smallest absolute Gasteiger partial charge is 0.212 e. The minimum absolute atomic E-state index is 0.0636. The van der Waals surface area contributed by atoms with Gasteiger partial charge in [0.15, 0.2) is 11.0 Å². The van der Waals surface area contributed by atoms with Gasteiger partial charge < -0.3 is 0 Å². The van der Waals surface area contributed by atoms with E-state index in [0.717, 1.165) is 23.2 Å². The summed E-state index contributed by atoms with van der Waals surface area (Å²) in [4.78, 5) is 0. The summed E-state index contributed by atoms with van der Waals surface area (Å²) in [6.45, 7) is 6.05. The molecule has 0 fully saturated rings. The number of aromatic nitrogens is 3. The molecule has 0 aliphatic carbocycles. The summed E-state index contributed by atoms with van der Waals surface area (Å²) in [6.07, 6.45) is 1.82. The highest BCUT2D eigenvalue weighted by atomic mass is 35.5. The zero-order valence-electron chi connectivity index (χ0n) is 21.9. The molecular weight excluding hydrogens is 536 g/mol. The zero-order valence-corrected chi connectivity index (χ0v) is 24.3. The molecule has 4 aromatic rings. The van der Waals surface area contributed by atoms with Gasteiger partial charge in [-0.05, 0) is 55.5 Å². The summed E-state index contributed by atoms with van der Waals surface area (Å²) in [6, 6.07) is 23.3. The summed E-state index contributed by atoms with van der Waals surface area (Å²) in [5.41, 5.74) is 5.19. The zero-order chi connectivity index (χ0) is 27.1. The molecule has 0 amide bonds. The maximum atomic E-state index is 13.1. The van der Waals surface area contributed by atoms with E-state index in [2.05, 4.69) is 40.0 Å². The Hall–Kier alpha value is -2.65. The highest BCUT2D eigenvalue weighted by Gasteiger charge is 2.28. The van der Waals surface area contributed by atoms with Crippen LogP contribution in [0.2, 0.25) is 5.02 Å². The van der Waals surface area contributed by atoms with Gasteiger partial charge in [0.25, 0.3) is 0 Å². The number of nitrogens with one attached hydrogen (secondary N) is 1. The second-order valence-electron chi connectivity index (χ2n) is 9.42. The van der Waals surface area contributed by atoms with Crippen LogP contribution in [0.4, 0.5) is 0 Å². The number of unbranched alkanes of at least 4 members (excludes halogenated alkanes) is 1. The lowest BCUT2D eigenvalue weighted by molar-refractivity contribution is 0.535. The normalized spacial score (nSPS) is 12.5. The molecular formula is C29H33ClN4O2S2. The highest BCUT2D eigenvalue weighted by molar-refractivity contribution is 7.98. The number of sulfonamides is 1. The van der Waals surface area contributed by atoms with Crippen LogP contribution in [0.5, 0.6) is 0 Å². The number of hydrogen-bond donors (Lipinski definition) is 1. The van der Waals surface area contributed by atoms with Crippen molar-refractivity contribution in [3.05, 3.63) is 106 Å². The van der Waals surface area contributed by atoms with E-state index in [1.54, 1.807) is 11.8 Å². The van der Waals surface area contributed by atoms with E-state index in [1.165, 1.54) is 11.1 Å². The minimum atomic E-state index is -3.54. The number of aryl methyl sites for hydroxylation is 2. The maximum Gasteiger partial charge on any atom is 0.212 e. The Morgan fingerprint density at radius 2 is 1.74 bits per heavy atom. The second-order valence-corrected chi connectivity index (χ2v) is 12.7. The lowest BCUT2D eigenvalue weighted by atomic mass is 10.1. The largest absolute Gasteiger partial charge is 0.272 e. The van der Waals surface area contributed by atoms with Crippen LogP contribution in [0.15, 0.2) is 78.0 Å². The minimum Gasteiger partial charge on any atom is -0.272 e. The molecule has 0 saturated carbocycles. The molecule has 0 saturated heterocycles. The van der Waals surface area contributed by atoms with E-state index in [0.29, 0.717) is 34.6 Å². The Morgan fingerprint density at radius 1 is 0.974 bits per heavy atom. The summed E-state index contributed by atoms with van der Waals surface area (Å²) in [5, 5.41) is 10.4. The first kappa shape index (κ1) is 28.4. The second kappa shape index (κ2) is 12.9. The molecule has 1 atom stereocenters. The number of halogens is 1. The fourth-order valence-corrected chi connectivity index (χ4v) is 6.72. The number of thioether (sulfide) groups is 1. The molecule has 1 aromatic heterocycles. The van der Waals surface area contributed by atoms with Gasteiger partial charge in [-0.25, -0.2) is 13.1 Å². The molecule has 0 aliphatic heterocycles. The fraction of sp³-hybridized carbons (Fsp3) is 0.310. The van der Waals surface area contributed by atoms with Crippen molar-refractivity contribution < 1.29 is 8.42 Å². The summed E-state index contributed by atoms with van der Waals surface area (Å²) in [5.74, 6) is 1.30. The summed E-state index contributed by atoms with van der Waals surface area (Å²) in [7, 11) is -3.54. The van der Waals surface area contributed by atoms with Crippen molar-refractivity contribution in [2.24, 2.45) is 0 Å². The first-order valence-corrected chi connectivity index (χ1v) is 15.7. The Kier molecular flexibility index (Phi) is 9.65. The van der Waals surface area contributed by atoms with Crippen LogP contribution in [-0.2, 0) is 22.2 Å². The van der Waals surface area contributed by atoms with Gasteiger partial charge in [-0.3, -0.25) is 4.57 Å². The van der Waals surface area contributed by atoms with E-state index < -0.39 is 16.1 Å². The van der Waals surface area contributed by atoms with Gasteiger partial charge in [-0.1, -0.05) is 103 Å². The number of benzene rings is 3. The van der Waals surface area contributed by atoms with Gasteiger partial charge in [-0.15, -0.1) is 10.2 Å². The molecule has 38 heavy (non-hydrogen) atoms. The van der Waals surface area contributed by atoms with Crippen molar-refractivity contribution in [1.82, 2.24) is 19.5 Å². The van der Waals surface area contributed by atoms with Crippen molar-refractivity contribution in [3.8, 4) is 5.69 Å². The van der Waals surface area contributed by atoms with Gasteiger partial charge >= 0.3 is 0 Å². The number of nitrogens with zero attached hydrogens (tertiary/aromatic N) is 3. The molecule has 0 bridgehead atoms. The third-order valence-corrected chi connectivity index (χ3v) is 8.91. The molecule has 6 nitrogen and oxygen atoms in total. The van der Waals surface area contributed by atoms with E-state index in [9.17, 15) is 8.42 Å². The third-order valence-electron chi connectivity index (χ3n) is 6.20. The standard InChI is InChI=1S/C29H33ClN4O2S2/c1-4-5-16-38(35,36)33-26(18-23-11-7-6-8-12-23)28-31-32-29(37-20-24-13-9-10-21(2)17-24)34(28)27-19-25(30)15-14-22(27)3/h6-15,17,19,26,33H,4-5,16,18,20H2,1-3H3. The first-order chi connectivity index (χ1) is 18.3. The monoisotopic (exact) mass is 568 g/mol. The van der Waals surface area contributed by atoms with Crippen LogP contribution in [0.3, 0.4) is 0 Å². The average Bonchev–Trinajstić information content (AvgIpc) is 3.31. The summed E-state index contributed by atoms with van der Waals surface area (Å²) < 4.78 is 31.1. The molecule has 4 rings (SSSR count). The fourth-order valence-electron chi connectivity index (χ4n) is 4.25. The van der Waals surface area contributed by atoms with Crippen molar-refractivity contribution in [3.63, 3.8) is 0 Å². The molecule has 0 aliphatic rings. The van der Waals surface area contributed by atoms with Gasteiger partial charge in [0.05, 0.1) is 17.5 Å². The molecule has 0 spiro atoms. The van der Waals surface area contributed by atoms with Crippen molar-refractivity contribution in [2.75, 3.05) is 5.75 Å². The molecule has 1 N–H and O–H groups in total. The van der Waals surface area contributed by atoms with Crippen LogP contribution in [0.25, 0.3) is 5.69 Å².